The van der Waals surface area contributed by atoms with E-state index in [2.05, 4.69) is 5.22 Å². The zero-order valence-corrected chi connectivity index (χ0v) is 11.6. The Bertz CT molecular complexity index is 595. The number of hydrogen-bond acceptors (Lipinski definition) is 5. The molecule has 0 radical (unpaired) electrons. The van der Waals surface area contributed by atoms with Gasteiger partial charge in [-0.25, -0.2) is 5.01 Å². The van der Waals surface area contributed by atoms with Gasteiger partial charge in [0.05, 0.1) is 11.4 Å². The van der Waals surface area contributed by atoms with Crippen LogP contribution in [0.2, 0.25) is 0 Å². The molecule has 0 atom stereocenters. The van der Waals surface area contributed by atoms with Gasteiger partial charge in [-0.1, -0.05) is 41.6 Å². The summed E-state index contributed by atoms with van der Waals surface area (Å²) in [5.41, 5.74) is 7.78. The van der Waals surface area contributed by atoms with Gasteiger partial charge in [0.15, 0.2) is 11.6 Å². The number of Topliss-reactive ketones (excluding diaryl/α,β-unsaturated/α-hetero) is 1. The fourth-order valence-electron chi connectivity index (χ4n) is 1.73. The van der Waals surface area contributed by atoms with E-state index in [-0.39, 0.29) is 24.6 Å². The first kappa shape index (κ1) is 14.1. The summed E-state index contributed by atoms with van der Waals surface area (Å²) in [7, 11) is 0. The van der Waals surface area contributed by atoms with E-state index in [1.54, 1.807) is 18.2 Å². The van der Waals surface area contributed by atoms with Gasteiger partial charge in [-0.15, -0.1) is 11.3 Å². The maximum Gasteiger partial charge on any atom is 0.164 e. The van der Waals surface area contributed by atoms with Crippen LogP contribution in [-0.2, 0) is 0 Å². The second-order valence-electron chi connectivity index (χ2n) is 4.09. The van der Waals surface area contributed by atoms with Crippen molar-refractivity contribution in [1.82, 2.24) is 5.01 Å². The number of nitrogens with one attached hydrogen (secondary N) is 2. The summed E-state index contributed by atoms with van der Waals surface area (Å²) < 4.78 is 0. The highest BCUT2D eigenvalue weighted by atomic mass is 32.1. The fourth-order valence-corrected chi connectivity index (χ4v) is 2.41. The van der Waals surface area contributed by atoms with Crippen LogP contribution in [0.15, 0.2) is 53.1 Å². The van der Waals surface area contributed by atoms with Crippen molar-refractivity contribution in [3.63, 3.8) is 0 Å². The molecule has 0 saturated carbocycles. The summed E-state index contributed by atoms with van der Waals surface area (Å²) in [5.74, 6) is 0.133. The highest BCUT2D eigenvalue weighted by Crippen LogP contribution is 2.13. The number of nitrogens with zero attached hydrogens (tertiary/aromatic N) is 2. The van der Waals surface area contributed by atoms with Crippen molar-refractivity contribution >= 4 is 23.0 Å². The van der Waals surface area contributed by atoms with Gasteiger partial charge in [-0.05, 0) is 11.4 Å². The van der Waals surface area contributed by atoms with Crippen molar-refractivity contribution in [2.24, 2.45) is 5.22 Å². The molecule has 0 bridgehead atoms. The Morgan fingerprint density at radius 3 is 2.55 bits per heavy atom. The predicted octanol–water partition coefficient (Wildman–Crippen LogP) is 3.59. The lowest BCUT2D eigenvalue weighted by Gasteiger charge is -2.16. The number of carbonyl (C=O) groups excluding carboxylic acids is 1. The molecule has 6 heteroatoms. The van der Waals surface area contributed by atoms with Gasteiger partial charge >= 0.3 is 0 Å². The first-order valence-corrected chi connectivity index (χ1v) is 6.96. The minimum Gasteiger partial charge on any atom is -0.294 e. The molecule has 2 rings (SSSR count). The molecule has 2 N–H and O–H groups in total. The fraction of sp³-hybridized carbons (Fsp3) is 0.143. The Morgan fingerprint density at radius 1 is 1.20 bits per heavy atom. The maximum absolute atomic E-state index is 12.0. The average Bonchev–Trinajstić information content (AvgIpc) is 3.02. The minimum absolute atomic E-state index is 0.0155. The second-order valence-corrected chi connectivity index (χ2v) is 5.04. The van der Waals surface area contributed by atoms with Crippen LogP contribution in [-0.4, -0.2) is 23.2 Å². The molecule has 2 aromatic rings. The number of benzene rings is 1. The van der Waals surface area contributed by atoms with E-state index in [0.717, 1.165) is 4.88 Å². The number of rotatable bonds is 6. The molecule has 20 heavy (non-hydrogen) atoms. The zero-order chi connectivity index (χ0) is 14.4. The summed E-state index contributed by atoms with van der Waals surface area (Å²) in [6.07, 6.45) is 0.222. The average molecular weight is 286 g/mol. The Morgan fingerprint density at radius 2 is 1.95 bits per heavy atom. The molecular formula is C14H14N4OS. The number of ketones is 1. The van der Waals surface area contributed by atoms with Gasteiger partial charge in [0.2, 0.25) is 0 Å². The van der Waals surface area contributed by atoms with Crippen LogP contribution < -0.4 is 0 Å². The first-order valence-electron chi connectivity index (χ1n) is 6.08. The molecule has 0 spiro atoms. The van der Waals surface area contributed by atoms with E-state index >= 15 is 0 Å². The van der Waals surface area contributed by atoms with Crippen molar-refractivity contribution in [2.75, 3.05) is 6.54 Å². The van der Waals surface area contributed by atoms with E-state index in [1.807, 2.05) is 29.6 Å². The molecule has 1 heterocycles. The van der Waals surface area contributed by atoms with Gasteiger partial charge in [-0.3, -0.25) is 10.2 Å². The molecule has 0 aliphatic rings. The van der Waals surface area contributed by atoms with Gasteiger partial charge in [0.1, 0.15) is 0 Å². The van der Waals surface area contributed by atoms with Gasteiger partial charge < -0.3 is 0 Å². The Balaban J connectivity index is 1.96. The standard InChI is InChI=1S/C14H14N4OS/c15-14(13-7-4-10-20-13)18(17-16)9-8-12(19)11-5-2-1-3-6-11/h1-7,10,15-16H,8-9H2. The molecular weight excluding hydrogens is 272 g/mol. The van der Waals surface area contributed by atoms with E-state index in [4.69, 9.17) is 10.9 Å². The lowest BCUT2D eigenvalue weighted by Crippen LogP contribution is -2.27. The van der Waals surface area contributed by atoms with Crippen LogP contribution in [0.25, 0.3) is 0 Å². The number of amidine groups is 1. The molecule has 0 saturated heterocycles. The van der Waals surface area contributed by atoms with E-state index in [1.165, 1.54) is 16.3 Å². The molecule has 102 valence electrons. The van der Waals surface area contributed by atoms with Gasteiger partial charge in [-0.2, -0.15) is 5.53 Å². The summed E-state index contributed by atoms with van der Waals surface area (Å²) >= 11 is 1.41. The molecule has 1 aromatic carbocycles. The predicted molar refractivity (Wildman–Crippen MR) is 78.4 cm³/mol. The molecule has 0 aliphatic heterocycles. The summed E-state index contributed by atoms with van der Waals surface area (Å²) in [4.78, 5) is 12.7. The second kappa shape index (κ2) is 6.72. The van der Waals surface area contributed by atoms with Crippen LogP contribution in [0.5, 0.6) is 0 Å². The van der Waals surface area contributed by atoms with E-state index < -0.39 is 0 Å². The van der Waals surface area contributed by atoms with Crippen LogP contribution in [0.1, 0.15) is 21.7 Å². The smallest absolute Gasteiger partial charge is 0.164 e. The van der Waals surface area contributed by atoms with Crippen molar-refractivity contribution < 1.29 is 4.79 Å². The zero-order valence-electron chi connectivity index (χ0n) is 10.7. The van der Waals surface area contributed by atoms with Crippen LogP contribution in [0.4, 0.5) is 0 Å². The lowest BCUT2D eigenvalue weighted by atomic mass is 10.1. The highest BCUT2D eigenvalue weighted by Gasteiger charge is 2.14. The largest absolute Gasteiger partial charge is 0.294 e. The topological polar surface area (TPSA) is 80.4 Å². The summed E-state index contributed by atoms with van der Waals surface area (Å²) in [6, 6.07) is 12.6. The van der Waals surface area contributed by atoms with Crippen molar-refractivity contribution in [1.29, 1.82) is 10.9 Å². The molecule has 0 amide bonds. The van der Waals surface area contributed by atoms with Crippen LogP contribution in [0.3, 0.4) is 0 Å². The molecule has 1 aromatic heterocycles. The van der Waals surface area contributed by atoms with Crippen molar-refractivity contribution in [3.05, 3.63) is 58.3 Å². The van der Waals surface area contributed by atoms with Gasteiger partial charge in [0, 0.05) is 12.0 Å². The summed E-state index contributed by atoms with van der Waals surface area (Å²) in [5, 5.41) is 14.4. The Labute approximate surface area is 120 Å². The molecule has 5 nitrogen and oxygen atoms in total. The van der Waals surface area contributed by atoms with Crippen LogP contribution in [0, 0.1) is 10.9 Å². The van der Waals surface area contributed by atoms with Gasteiger partial charge in [0.25, 0.3) is 0 Å². The summed E-state index contributed by atoms with van der Waals surface area (Å²) in [6.45, 7) is 0.230. The number of hydrogen-bond donors (Lipinski definition) is 2. The molecule has 0 unspecified atom stereocenters. The first-order chi connectivity index (χ1) is 9.72. The maximum atomic E-state index is 12.0. The third-order valence-electron chi connectivity index (χ3n) is 2.78. The van der Waals surface area contributed by atoms with E-state index in [9.17, 15) is 4.79 Å². The molecule has 0 aliphatic carbocycles. The highest BCUT2D eigenvalue weighted by molar-refractivity contribution is 7.12. The quantitative estimate of drug-likeness (QED) is 0.280. The number of carbonyl (C=O) groups is 1. The monoisotopic (exact) mass is 286 g/mol. The molecule has 0 fully saturated rings. The van der Waals surface area contributed by atoms with E-state index in [0.29, 0.717) is 5.56 Å². The van der Waals surface area contributed by atoms with Crippen molar-refractivity contribution in [2.45, 2.75) is 6.42 Å². The normalized spacial score (nSPS) is 10.0. The Hall–Kier alpha value is -2.34. The third kappa shape index (κ3) is 3.36. The third-order valence-corrected chi connectivity index (χ3v) is 3.66. The number of thiophene rings is 1. The lowest BCUT2D eigenvalue weighted by molar-refractivity contribution is 0.0974. The van der Waals surface area contributed by atoms with Crippen molar-refractivity contribution in [3.8, 4) is 0 Å². The SMILES string of the molecule is N=NN(CCC(=O)c1ccccc1)C(=N)c1cccs1. The minimum atomic E-state index is -0.0155. The van der Waals surface area contributed by atoms with Crippen LogP contribution >= 0.6 is 11.3 Å². The Kier molecular flexibility index (Phi) is 4.73.